The maximum Gasteiger partial charge on any atom is 0.269 e. The van der Waals surface area contributed by atoms with Crippen LogP contribution < -0.4 is 0 Å². The van der Waals surface area contributed by atoms with E-state index in [1.54, 1.807) is 12.1 Å². The number of non-ortho nitro benzene ring substituents is 1. The van der Waals surface area contributed by atoms with Gasteiger partial charge in [-0.2, -0.15) is 0 Å². The highest BCUT2D eigenvalue weighted by Crippen LogP contribution is 2.31. The molecule has 1 saturated carbocycles. The number of nitro benzene ring substituents is 1. The molecule has 8 heteroatoms. The predicted octanol–water partition coefficient (Wildman–Crippen LogP) is 3.38. The van der Waals surface area contributed by atoms with E-state index in [2.05, 4.69) is 15.5 Å². The van der Waals surface area contributed by atoms with Gasteiger partial charge in [0, 0.05) is 17.9 Å². The highest BCUT2D eigenvalue weighted by Gasteiger charge is 2.20. The molecule has 0 spiro atoms. The number of aromatic nitrogens is 4. The summed E-state index contributed by atoms with van der Waals surface area (Å²) in [6, 6.07) is 7.07. The molecule has 0 saturated heterocycles. The second-order valence-corrected chi connectivity index (χ2v) is 6.36. The minimum absolute atomic E-state index is 0.116. The Kier molecular flexibility index (Phi) is 4.67. The van der Waals surface area contributed by atoms with E-state index in [4.69, 9.17) is 0 Å². The lowest BCUT2D eigenvalue weighted by atomic mass is 9.96. The van der Waals surface area contributed by atoms with Crippen LogP contribution in [-0.2, 0) is 5.75 Å². The molecule has 1 aromatic heterocycles. The van der Waals surface area contributed by atoms with Crippen molar-refractivity contribution in [3.05, 3.63) is 39.9 Å². The molecule has 0 amide bonds. The summed E-state index contributed by atoms with van der Waals surface area (Å²) in [5.41, 5.74) is 1.02. The molecule has 0 unspecified atom stereocenters. The van der Waals surface area contributed by atoms with Crippen molar-refractivity contribution >= 4 is 17.4 Å². The summed E-state index contributed by atoms with van der Waals surface area (Å²) in [5.74, 6) is 0.620. The molecule has 116 valence electrons. The molecule has 1 aromatic carbocycles. The third kappa shape index (κ3) is 3.44. The van der Waals surface area contributed by atoms with Crippen molar-refractivity contribution in [2.24, 2.45) is 0 Å². The number of rotatable bonds is 5. The zero-order chi connectivity index (χ0) is 15.4. The minimum atomic E-state index is -0.375. The Bertz CT molecular complexity index is 654. The molecule has 22 heavy (non-hydrogen) atoms. The minimum Gasteiger partial charge on any atom is -0.258 e. The van der Waals surface area contributed by atoms with Crippen LogP contribution in [0.15, 0.2) is 29.4 Å². The molecular weight excluding hydrogens is 302 g/mol. The highest BCUT2D eigenvalue weighted by molar-refractivity contribution is 7.98. The van der Waals surface area contributed by atoms with Gasteiger partial charge in [0.2, 0.25) is 5.16 Å². The maximum absolute atomic E-state index is 10.8. The molecule has 0 bridgehead atoms. The first-order valence-electron chi connectivity index (χ1n) is 7.38. The maximum atomic E-state index is 10.8. The van der Waals surface area contributed by atoms with Crippen molar-refractivity contribution < 1.29 is 4.92 Å². The second-order valence-electron chi connectivity index (χ2n) is 5.41. The zero-order valence-electron chi connectivity index (χ0n) is 12.1. The lowest BCUT2D eigenvalue weighted by molar-refractivity contribution is -0.384. The lowest BCUT2D eigenvalue weighted by Gasteiger charge is -2.21. The first kappa shape index (κ1) is 15.0. The van der Waals surface area contributed by atoms with E-state index in [1.165, 1.54) is 37.1 Å². The quantitative estimate of drug-likeness (QED) is 0.477. The van der Waals surface area contributed by atoms with Gasteiger partial charge in [0.25, 0.3) is 5.69 Å². The Hall–Kier alpha value is -1.96. The topological polar surface area (TPSA) is 86.7 Å². The molecular formula is C14H17N5O2S. The van der Waals surface area contributed by atoms with E-state index in [-0.39, 0.29) is 10.6 Å². The number of benzene rings is 1. The Morgan fingerprint density at radius 1 is 1.32 bits per heavy atom. The zero-order valence-corrected chi connectivity index (χ0v) is 12.9. The summed E-state index contributed by atoms with van der Waals surface area (Å²) >= 11 is 1.53. The van der Waals surface area contributed by atoms with Crippen molar-refractivity contribution in [2.45, 2.75) is 49.1 Å². The van der Waals surface area contributed by atoms with Gasteiger partial charge in [-0.1, -0.05) is 43.2 Å². The predicted molar refractivity (Wildman–Crippen MR) is 82.6 cm³/mol. The average molecular weight is 319 g/mol. The highest BCUT2D eigenvalue weighted by atomic mass is 32.2. The van der Waals surface area contributed by atoms with E-state index < -0.39 is 0 Å². The van der Waals surface area contributed by atoms with E-state index in [1.807, 2.05) is 10.7 Å². The third-order valence-corrected chi connectivity index (χ3v) is 4.88. The number of thioether (sulfide) groups is 1. The second kappa shape index (κ2) is 6.87. The van der Waals surface area contributed by atoms with Crippen LogP contribution in [0.25, 0.3) is 0 Å². The van der Waals surface area contributed by atoms with Gasteiger partial charge in [-0.3, -0.25) is 10.1 Å². The monoisotopic (exact) mass is 319 g/mol. The van der Waals surface area contributed by atoms with Crippen molar-refractivity contribution in [3.8, 4) is 0 Å². The van der Waals surface area contributed by atoms with Gasteiger partial charge in [-0.05, 0) is 28.8 Å². The summed E-state index contributed by atoms with van der Waals surface area (Å²) in [4.78, 5) is 10.4. The molecule has 7 nitrogen and oxygen atoms in total. The van der Waals surface area contributed by atoms with Crippen molar-refractivity contribution in [2.75, 3.05) is 0 Å². The average Bonchev–Trinajstić information content (AvgIpc) is 3.02. The smallest absolute Gasteiger partial charge is 0.258 e. The number of nitro groups is 1. The SMILES string of the molecule is O=[N+]([O-])c1cccc(CSc2nnnn2C2CCCCC2)c1. The number of tetrazole rings is 1. The van der Waals surface area contributed by atoms with E-state index in [9.17, 15) is 10.1 Å². The standard InChI is InChI=1S/C14H17N5O2S/c20-19(21)13-8-4-5-11(9-13)10-22-14-15-16-17-18(14)12-6-2-1-3-7-12/h4-5,8-9,12H,1-3,6-7,10H2. The van der Waals surface area contributed by atoms with Crippen LogP contribution in [-0.4, -0.2) is 25.1 Å². The molecule has 2 aromatic rings. The van der Waals surface area contributed by atoms with Gasteiger partial charge in [-0.15, -0.1) is 5.10 Å². The Morgan fingerprint density at radius 2 is 2.14 bits per heavy atom. The van der Waals surface area contributed by atoms with Gasteiger partial charge < -0.3 is 0 Å². The molecule has 0 radical (unpaired) electrons. The van der Waals surface area contributed by atoms with Crippen molar-refractivity contribution in [1.82, 2.24) is 20.2 Å². The van der Waals surface area contributed by atoms with Crippen LogP contribution >= 0.6 is 11.8 Å². The number of hydrogen-bond donors (Lipinski definition) is 0. The van der Waals surface area contributed by atoms with Crippen LogP contribution in [0.5, 0.6) is 0 Å². The van der Waals surface area contributed by atoms with E-state index in [0.29, 0.717) is 11.8 Å². The number of hydrogen-bond acceptors (Lipinski definition) is 6. The molecule has 1 aliphatic carbocycles. The number of nitrogens with zero attached hydrogens (tertiary/aromatic N) is 5. The van der Waals surface area contributed by atoms with Gasteiger partial charge in [-0.25, -0.2) is 4.68 Å². The van der Waals surface area contributed by atoms with Gasteiger partial charge >= 0.3 is 0 Å². The summed E-state index contributed by atoms with van der Waals surface area (Å²) in [6.07, 6.45) is 5.97. The van der Waals surface area contributed by atoms with Crippen LogP contribution in [0, 0.1) is 10.1 Å². The van der Waals surface area contributed by atoms with Crippen molar-refractivity contribution in [1.29, 1.82) is 0 Å². The molecule has 3 rings (SSSR count). The summed E-state index contributed by atoms with van der Waals surface area (Å²) in [6.45, 7) is 0. The van der Waals surface area contributed by atoms with Gasteiger partial charge in [0.15, 0.2) is 0 Å². The Morgan fingerprint density at radius 3 is 2.91 bits per heavy atom. The van der Waals surface area contributed by atoms with Gasteiger partial charge in [0.05, 0.1) is 11.0 Å². The van der Waals surface area contributed by atoms with Crippen LogP contribution in [0.1, 0.15) is 43.7 Å². The normalized spacial score (nSPS) is 15.8. The fraction of sp³-hybridized carbons (Fsp3) is 0.500. The fourth-order valence-electron chi connectivity index (χ4n) is 2.74. The van der Waals surface area contributed by atoms with Crippen LogP contribution in [0.2, 0.25) is 0 Å². The summed E-state index contributed by atoms with van der Waals surface area (Å²) < 4.78 is 1.92. The van der Waals surface area contributed by atoms with Crippen molar-refractivity contribution in [3.63, 3.8) is 0 Å². The summed E-state index contributed by atoms with van der Waals surface area (Å²) in [5, 5.41) is 23.6. The Balaban J connectivity index is 1.68. The van der Waals surface area contributed by atoms with Gasteiger partial charge in [0.1, 0.15) is 0 Å². The van der Waals surface area contributed by atoms with Crippen LogP contribution in [0.3, 0.4) is 0 Å². The summed E-state index contributed by atoms with van der Waals surface area (Å²) in [7, 11) is 0. The first-order chi connectivity index (χ1) is 10.7. The molecule has 0 N–H and O–H groups in total. The van der Waals surface area contributed by atoms with Crippen LogP contribution in [0.4, 0.5) is 5.69 Å². The first-order valence-corrected chi connectivity index (χ1v) is 8.36. The fourth-order valence-corrected chi connectivity index (χ4v) is 3.63. The molecule has 1 fully saturated rings. The molecule has 1 aliphatic rings. The largest absolute Gasteiger partial charge is 0.269 e. The molecule has 0 aliphatic heterocycles. The van der Waals surface area contributed by atoms with E-state index in [0.717, 1.165) is 23.6 Å². The third-order valence-electron chi connectivity index (χ3n) is 3.87. The Labute approximate surface area is 132 Å². The molecule has 1 heterocycles. The molecule has 0 atom stereocenters. The van der Waals surface area contributed by atoms with E-state index >= 15 is 0 Å². The lowest BCUT2D eigenvalue weighted by Crippen LogP contribution is -2.15.